The van der Waals surface area contributed by atoms with Crippen molar-refractivity contribution in [2.75, 3.05) is 5.84 Å². The molecule has 0 bridgehead atoms. The van der Waals surface area contributed by atoms with Crippen molar-refractivity contribution in [1.29, 1.82) is 5.26 Å². The van der Waals surface area contributed by atoms with Crippen LogP contribution in [0.1, 0.15) is 11.3 Å². The molecule has 27 heavy (non-hydrogen) atoms. The molecule has 0 fully saturated rings. The molecule has 10 heteroatoms. The van der Waals surface area contributed by atoms with Gasteiger partial charge in [0.2, 0.25) is 5.96 Å². The molecule has 0 amide bonds. The van der Waals surface area contributed by atoms with Gasteiger partial charge in [0, 0.05) is 5.56 Å². The third-order valence-electron chi connectivity index (χ3n) is 3.66. The van der Waals surface area contributed by atoms with Crippen molar-refractivity contribution >= 4 is 34.8 Å². The van der Waals surface area contributed by atoms with E-state index in [1.807, 2.05) is 24.3 Å². The van der Waals surface area contributed by atoms with E-state index in [-0.39, 0.29) is 23.4 Å². The molecule has 0 aliphatic rings. The van der Waals surface area contributed by atoms with Crippen LogP contribution < -0.4 is 22.5 Å². The van der Waals surface area contributed by atoms with E-state index in [9.17, 15) is 9.90 Å². The largest absolute Gasteiger partial charge is 0.507 e. The number of nitrogens with zero attached hydrogens (tertiary/aromatic N) is 5. The number of nitrogens with two attached hydrogens (primary N) is 2. The lowest BCUT2D eigenvalue weighted by Gasteiger charge is -2.05. The van der Waals surface area contributed by atoms with Crippen LogP contribution >= 0.6 is 0 Å². The number of aromatic hydroxyl groups is 1. The predicted molar refractivity (Wildman–Crippen MR) is 101 cm³/mol. The van der Waals surface area contributed by atoms with Crippen LogP contribution in [0.5, 0.6) is 5.75 Å². The molecular formula is C17H14N8O2. The third-order valence-corrected chi connectivity index (χ3v) is 3.66. The van der Waals surface area contributed by atoms with Crippen LogP contribution in [0.15, 0.2) is 46.2 Å². The second-order valence-electron chi connectivity index (χ2n) is 5.35. The highest BCUT2D eigenvalue weighted by molar-refractivity contribution is 5.95. The molecular weight excluding hydrogens is 348 g/mol. The number of aromatic nitrogens is 3. The van der Waals surface area contributed by atoms with E-state index >= 15 is 0 Å². The first-order chi connectivity index (χ1) is 13.0. The minimum atomic E-state index is -0.676. The van der Waals surface area contributed by atoms with Gasteiger partial charge in [0.25, 0.3) is 11.5 Å². The lowest BCUT2D eigenvalue weighted by Crippen LogP contribution is -2.33. The average molecular weight is 362 g/mol. The van der Waals surface area contributed by atoms with Crippen LogP contribution in [0.25, 0.3) is 22.9 Å². The second-order valence-corrected chi connectivity index (χ2v) is 5.35. The molecule has 0 aliphatic heterocycles. The van der Waals surface area contributed by atoms with Gasteiger partial charge < -0.3 is 16.7 Å². The number of benzene rings is 2. The number of nitriles is 1. The molecule has 6 N–H and O–H groups in total. The van der Waals surface area contributed by atoms with Crippen molar-refractivity contribution in [3.63, 3.8) is 0 Å². The summed E-state index contributed by atoms with van der Waals surface area (Å²) >= 11 is 0. The SMILES string of the molecule is N#CN/C(N)=N/c1nnc(/C=C/c2c(O)ccc3ccccc23)c(=O)n1N. The van der Waals surface area contributed by atoms with Gasteiger partial charge in [0.15, 0.2) is 11.9 Å². The van der Waals surface area contributed by atoms with Crippen molar-refractivity contribution in [2.45, 2.75) is 0 Å². The van der Waals surface area contributed by atoms with Crippen LogP contribution in [-0.2, 0) is 0 Å². The quantitative estimate of drug-likeness (QED) is 0.171. The Kier molecular flexibility index (Phi) is 4.67. The minimum absolute atomic E-state index is 0.0579. The van der Waals surface area contributed by atoms with Gasteiger partial charge >= 0.3 is 0 Å². The zero-order valence-corrected chi connectivity index (χ0v) is 13.9. The molecule has 0 spiro atoms. The predicted octanol–water partition coefficient (Wildman–Crippen LogP) is 0.398. The normalized spacial score (nSPS) is 11.6. The van der Waals surface area contributed by atoms with Crippen LogP contribution in [0.4, 0.5) is 5.95 Å². The van der Waals surface area contributed by atoms with Crippen LogP contribution in [0.2, 0.25) is 0 Å². The van der Waals surface area contributed by atoms with E-state index in [4.69, 9.17) is 16.8 Å². The van der Waals surface area contributed by atoms with Gasteiger partial charge in [-0.3, -0.25) is 10.1 Å². The Morgan fingerprint density at radius 1 is 1.26 bits per heavy atom. The maximum atomic E-state index is 12.3. The average Bonchev–Trinajstić information content (AvgIpc) is 2.66. The molecule has 1 heterocycles. The van der Waals surface area contributed by atoms with Gasteiger partial charge in [-0.25, -0.2) is 0 Å². The summed E-state index contributed by atoms with van der Waals surface area (Å²) in [6.07, 6.45) is 4.52. The highest BCUT2D eigenvalue weighted by Crippen LogP contribution is 2.28. The summed E-state index contributed by atoms with van der Waals surface area (Å²) in [5.41, 5.74) is 5.21. The first-order valence-corrected chi connectivity index (χ1v) is 7.64. The molecule has 1 aromatic heterocycles. The monoisotopic (exact) mass is 362 g/mol. The van der Waals surface area contributed by atoms with E-state index in [1.165, 1.54) is 6.08 Å². The first kappa shape index (κ1) is 17.4. The standard InChI is InChI=1S/C17H14N8O2/c18-9-21-16(19)22-17-24-23-13(15(27)25(17)20)7-6-12-11-4-2-1-3-10(11)5-8-14(12)26/h1-8,26H,20H2,(H3,19,21,22,24)/b7-6+. The first-order valence-electron chi connectivity index (χ1n) is 7.64. The molecule has 3 aromatic rings. The fraction of sp³-hybridized carbons (Fsp3) is 0. The number of aliphatic imine (C=N–C) groups is 1. The van der Waals surface area contributed by atoms with Crippen molar-refractivity contribution in [1.82, 2.24) is 20.2 Å². The molecule has 0 saturated carbocycles. The smallest absolute Gasteiger partial charge is 0.299 e. The van der Waals surface area contributed by atoms with Crippen molar-refractivity contribution in [3.05, 3.63) is 58.0 Å². The molecule has 0 unspecified atom stereocenters. The number of phenolic OH excluding ortho intramolecular Hbond substituents is 1. The number of nitrogens with one attached hydrogen (secondary N) is 1. The Bertz CT molecular complexity index is 1170. The highest BCUT2D eigenvalue weighted by Gasteiger charge is 2.09. The summed E-state index contributed by atoms with van der Waals surface area (Å²) in [6, 6.07) is 10.9. The summed E-state index contributed by atoms with van der Waals surface area (Å²) in [7, 11) is 0. The van der Waals surface area contributed by atoms with E-state index < -0.39 is 5.56 Å². The Balaban J connectivity index is 2.02. The van der Waals surface area contributed by atoms with E-state index in [0.29, 0.717) is 10.2 Å². The van der Waals surface area contributed by atoms with Gasteiger partial charge in [-0.05, 0) is 29.0 Å². The second kappa shape index (κ2) is 7.24. The lowest BCUT2D eigenvalue weighted by molar-refractivity contribution is 0.475. The molecule has 10 nitrogen and oxygen atoms in total. The molecule has 134 valence electrons. The van der Waals surface area contributed by atoms with Crippen LogP contribution in [0, 0.1) is 11.5 Å². The Labute approximate surface area is 152 Å². The maximum Gasteiger partial charge on any atom is 0.299 e. The van der Waals surface area contributed by atoms with E-state index in [2.05, 4.69) is 20.5 Å². The molecule has 0 atom stereocenters. The van der Waals surface area contributed by atoms with Gasteiger partial charge in [-0.15, -0.1) is 10.2 Å². The van der Waals surface area contributed by atoms with E-state index in [0.717, 1.165) is 10.8 Å². The van der Waals surface area contributed by atoms with Crippen molar-refractivity contribution in [3.8, 4) is 11.9 Å². The summed E-state index contributed by atoms with van der Waals surface area (Å²) in [5, 5.41) is 29.9. The van der Waals surface area contributed by atoms with Gasteiger partial charge in [-0.2, -0.15) is 14.9 Å². The van der Waals surface area contributed by atoms with Crippen LogP contribution in [-0.4, -0.2) is 25.9 Å². The number of hydrogen-bond donors (Lipinski definition) is 4. The molecule has 0 radical (unpaired) electrons. The summed E-state index contributed by atoms with van der Waals surface area (Å²) in [6.45, 7) is 0. The lowest BCUT2D eigenvalue weighted by atomic mass is 10.0. The third kappa shape index (κ3) is 3.52. The van der Waals surface area contributed by atoms with Crippen molar-refractivity contribution in [2.24, 2.45) is 10.7 Å². The van der Waals surface area contributed by atoms with Gasteiger partial charge in [-0.1, -0.05) is 30.3 Å². The number of fused-ring (bicyclic) bond motifs is 1. The van der Waals surface area contributed by atoms with E-state index in [1.54, 1.807) is 24.4 Å². The topological polar surface area (TPSA) is 168 Å². The number of phenols is 1. The summed E-state index contributed by atoms with van der Waals surface area (Å²) in [4.78, 5) is 16.0. The Morgan fingerprint density at radius 3 is 2.81 bits per heavy atom. The number of guanidine groups is 1. The zero-order chi connectivity index (χ0) is 19.4. The fourth-order valence-electron chi connectivity index (χ4n) is 2.40. The molecule has 0 aliphatic carbocycles. The maximum absolute atomic E-state index is 12.3. The van der Waals surface area contributed by atoms with Gasteiger partial charge in [0.1, 0.15) is 5.75 Å². The number of nitrogen functional groups attached to an aromatic ring is 1. The number of rotatable bonds is 3. The fourth-order valence-corrected chi connectivity index (χ4v) is 2.40. The summed E-state index contributed by atoms with van der Waals surface area (Å²) in [5.74, 6) is 5.16. The zero-order valence-electron chi connectivity index (χ0n) is 13.9. The summed E-state index contributed by atoms with van der Waals surface area (Å²) < 4.78 is 0.654. The van der Waals surface area contributed by atoms with Crippen molar-refractivity contribution < 1.29 is 5.11 Å². The highest BCUT2D eigenvalue weighted by atomic mass is 16.3. The molecule has 2 aromatic carbocycles. The molecule has 3 rings (SSSR count). The minimum Gasteiger partial charge on any atom is -0.507 e. The number of hydrogen-bond acceptors (Lipinski definition) is 7. The Morgan fingerprint density at radius 2 is 2.04 bits per heavy atom. The van der Waals surface area contributed by atoms with Gasteiger partial charge in [0.05, 0.1) is 0 Å². The molecule has 0 saturated heterocycles. The Hall–Kier alpha value is -4.39. The van der Waals surface area contributed by atoms with Crippen LogP contribution in [0.3, 0.4) is 0 Å².